The Labute approximate surface area is 173 Å². The number of methoxy groups -OCH3 is 3. The minimum absolute atomic E-state index is 0.0749. The molecule has 0 spiro atoms. The van der Waals surface area contributed by atoms with Crippen LogP contribution in [0.4, 0.5) is 5.69 Å². The molecule has 0 N–H and O–H groups in total. The minimum atomic E-state index is -0.0749. The molecule has 6 heteroatoms. The fraction of sp³-hybridized carbons (Fsp3) is 0.348. The van der Waals surface area contributed by atoms with Gasteiger partial charge < -0.3 is 24.0 Å². The summed E-state index contributed by atoms with van der Waals surface area (Å²) in [7, 11) is 10.7. The Bertz CT molecular complexity index is 862. The summed E-state index contributed by atoms with van der Waals surface area (Å²) in [6, 6.07) is 11.3. The number of likely N-dealkylation sites (N-methyl/N-ethyl adjacent to an activating group) is 2. The molecule has 0 amide bonds. The van der Waals surface area contributed by atoms with E-state index in [1.807, 2.05) is 51.5 Å². The largest absolute Gasteiger partial charge is 0.493 e. The number of ether oxygens (including phenoxy) is 3. The van der Waals surface area contributed by atoms with Crippen LogP contribution in [0.5, 0.6) is 17.2 Å². The van der Waals surface area contributed by atoms with Gasteiger partial charge >= 0.3 is 0 Å². The standard InChI is InChI=1S/C23H30N2O4/c1-24(2)15-16-25(3)19-10-8-7-9-18(19)20(26)13-11-17-12-14-21(27-4)23(29-6)22(17)28-5/h7-14H,15-16H2,1-6H3. The third kappa shape index (κ3) is 5.51. The predicted molar refractivity (Wildman–Crippen MR) is 118 cm³/mol. The summed E-state index contributed by atoms with van der Waals surface area (Å²) in [6.45, 7) is 1.72. The van der Waals surface area contributed by atoms with E-state index in [-0.39, 0.29) is 5.78 Å². The van der Waals surface area contributed by atoms with Crippen LogP contribution in [0.2, 0.25) is 0 Å². The van der Waals surface area contributed by atoms with E-state index < -0.39 is 0 Å². The first kappa shape index (κ1) is 22.3. The zero-order valence-corrected chi connectivity index (χ0v) is 18.1. The Hall–Kier alpha value is -2.99. The fourth-order valence-corrected chi connectivity index (χ4v) is 3.00. The average Bonchev–Trinajstić information content (AvgIpc) is 2.74. The van der Waals surface area contributed by atoms with Gasteiger partial charge in [-0.3, -0.25) is 4.79 Å². The lowest BCUT2D eigenvalue weighted by Gasteiger charge is -2.23. The normalized spacial score (nSPS) is 11.0. The maximum atomic E-state index is 12.9. The van der Waals surface area contributed by atoms with Crippen molar-refractivity contribution in [2.24, 2.45) is 0 Å². The molecule has 0 aliphatic heterocycles. The number of carbonyl (C=O) groups excluding carboxylic acids is 1. The van der Waals surface area contributed by atoms with E-state index >= 15 is 0 Å². The number of benzene rings is 2. The van der Waals surface area contributed by atoms with Gasteiger partial charge in [0.15, 0.2) is 17.3 Å². The van der Waals surface area contributed by atoms with Crippen molar-refractivity contribution in [1.29, 1.82) is 0 Å². The number of rotatable bonds is 10. The maximum Gasteiger partial charge on any atom is 0.203 e. The molecule has 0 heterocycles. The molecular weight excluding hydrogens is 368 g/mol. The number of anilines is 1. The molecule has 2 aromatic carbocycles. The number of hydrogen-bond donors (Lipinski definition) is 0. The van der Waals surface area contributed by atoms with Gasteiger partial charge in [0.1, 0.15) is 0 Å². The number of allylic oxidation sites excluding steroid dienone is 1. The molecule has 0 bridgehead atoms. The summed E-state index contributed by atoms with van der Waals surface area (Å²) in [4.78, 5) is 17.1. The van der Waals surface area contributed by atoms with Gasteiger partial charge in [-0.2, -0.15) is 0 Å². The van der Waals surface area contributed by atoms with Crippen LogP contribution in [0.3, 0.4) is 0 Å². The zero-order valence-electron chi connectivity index (χ0n) is 18.1. The van der Waals surface area contributed by atoms with E-state index in [9.17, 15) is 4.79 Å². The molecule has 156 valence electrons. The van der Waals surface area contributed by atoms with Crippen molar-refractivity contribution in [2.75, 3.05) is 60.5 Å². The third-order valence-electron chi connectivity index (χ3n) is 4.61. The molecule has 0 radical (unpaired) electrons. The molecule has 2 rings (SSSR count). The van der Waals surface area contributed by atoms with Crippen molar-refractivity contribution in [3.63, 3.8) is 0 Å². The van der Waals surface area contributed by atoms with Crippen LogP contribution >= 0.6 is 0 Å². The smallest absolute Gasteiger partial charge is 0.203 e. The van der Waals surface area contributed by atoms with Crippen LogP contribution in [0.1, 0.15) is 15.9 Å². The highest BCUT2D eigenvalue weighted by atomic mass is 16.5. The van der Waals surface area contributed by atoms with Crippen LogP contribution in [0, 0.1) is 0 Å². The maximum absolute atomic E-state index is 12.9. The lowest BCUT2D eigenvalue weighted by molar-refractivity contribution is 0.104. The highest BCUT2D eigenvalue weighted by molar-refractivity contribution is 6.10. The second kappa shape index (κ2) is 10.5. The molecule has 0 saturated carbocycles. The summed E-state index contributed by atoms with van der Waals surface area (Å²) in [6.07, 6.45) is 3.29. The highest BCUT2D eigenvalue weighted by Gasteiger charge is 2.16. The topological polar surface area (TPSA) is 51.2 Å². The zero-order chi connectivity index (χ0) is 21.4. The summed E-state index contributed by atoms with van der Waals surface area (Å²) < 4.78 is 16.2. The van der Waals surface area contributed by atoms with Gasteiger partial charge in [0.05, 0.1) is 21.3 Å². The summed E-state index contributed by atoms with van der Waals surface area (Å²) in [5, 5.41) is 0. The number of para-hydroxylation sites is 1. The molecule has 0 fully saturated rings. The summed E-state index contributed by atoms with van der Waals surface area (Å²) in [5.41, 5.74) is 2.30. The quantitative estimate of drug-likeness (QED) is 0.450. The van der Waals surface area contributed by atoms with Crippen molar-refractivity contribution in [3.8, 4) is 17.2 Å². The number of nitrogens with zero attached hydrogens (tertiary/aromatic N) is 2. The lowest BCUT2D eigenvalue weighted by atomic mass is 10.1. The first-order valence-corrected chi connectivity index (χ1v) is 9.39. The molecule has 29 heavy (non-hydrogen) atoms. The predicted octanol–water partition coefficient (Wildman–Crippen LogP) is 3.61. The van der Waals surface area contributed by atoms with Crippen LogP contribution in [0.25, 0.3) is 6.08 Å². The van der Waals surface area contributed by atoms with E-state index in [1.165, 1.54) is 0 Å². The monoisotopic (exact) mass is 398 g/mol. The van der Waals surface area contributed by atoms with Crippen molar-refractivity contribution < 1.29 is 19.0 Å². The Morgan fingerprint density at radius 3 is 2.21 bits per heavy atom. The van der Waals surface area contributed by atoms with Gasteiger partial charge in [-0.05, 0) is 50.5 Å². The SMILES string of the molecule is COc1ccc(C=CC(=O)c2ccccc2N(C)CCN(C)C)c(OC)c1OC. The summed E-state index contributed by atoms with van der Waals surface area (Å²) >= 11 is 0. The number of ketones is 1. The summed E-state index contributed by atoms with van der Waals surface area (Å²) in [5.74, 6) is 1.51. The van der Waals surface area contributed by atoms with Gasteiger partial charge in [-0.15, -0.1) is 0 Å². The molecule has 0 atom stereocenters. The molecule has 2 aromatic rings. The molecule has 0 aromatic heterocycles. The number of carbonyl (C=O) groups is 1. The first-order valence-electron chi connectivity index (χ1n) is 9.39. The van der Waals surface area contributed by atoms with Crippen LogP contribution in [0.15, 0.2) is 42.5 Å². The third-order valence-corrected chi connectivity index (χ3v) is 4.61. The lowest BCUT2D eigenvalue weighted by Crippen LogP contribution is -2.29. The second-order valence-electron chi connectivity index (χ2n) is 6.86. The van der Waals surface area contributed by atoms with Crippen molar-refractivity contribution in [1.82, 2.24) is 4.90 Å². The van der Waals surface area contributed by atoms with Gasteiger partial charge in [-0.1, -0.05) is 12.1 Å². The first-order chi connectivity index (χ1) is 13.9. The van der Waals surface area contributed by atoms with Gasteiger partial charge in [0.25, 0.3) is 0 Å². The molecular formula is C23H30N2O4. The Kier molecular flexibility index (Phi) is 8.09. The molecule has 6 nitrogen and oxygen atoms in total. The molecule has 0 aliphatic carbocycles. The Morgan fingerprint density at radius 2 is 1.59 bits per heavy atom. The van der Waals surface area contributed by atoms with Crippen LogP contribution in [-0.2, 0) is 0 Å². The highest BCUT2D eigenvalue weighted by Crippen LogP contribution is 2.40. The van der Waals surface area contributed by atoms with Crippen molar-refractivity contribution in [2.45, 2.75) is 0 Å². The fourth-order valence-electron chi connectivity index (χ4n) is 3.00. The Balaban J connectivity index is 2.31. The van der Waals surface area contributed by atoms with E-state index in [0.717, 1.165) is 24.3 Å². The van der Waals surface area contributed by atoms with Crippen molar-refractivity contribution in [3.05, 3.63) is 53.6 Å². The molecule has 0 unspecified atom stereocenters. The minimum Gasteiger partial charge on any atom is -0.493 e. The van der Waals surface area contributed by atoms with Crippen molar-refractivity contribution >= 4 is 17.5 Å². The van der Waals surface area contributed by atoms with Gasteiger partial charge in [-0.25, -0.2) is 0 Å². The molecule has 0 aliphatic rings. The van der Waals surface area contributed by atoms with Crippen LogP contribution < -0.4 is 19.1 Å². The molecule has 0 saturated heterocycles. The average molecular weight is 399 g/mol. The van der Waals surface area contributed by atoms with E-state index in [1.54, 1.807) is 39.5 Å². The van der Waals surface area contributed by atoms with E-state index in [4.69, 9.17) is 14.2 Å². The van der Waals surface area contributed by atoms with Crippen LogP contribution in [-0.4, -0.2) is 66.2 Å². The Morgan fingerprint density at radius 1 is 0.897 bits per heavy atom. The van der Waals surface area contributed by atoms with Gasteiger partial charge in [0, 0.05) is 37.0 Å². The van der Waals surface area contributed by atoms with Gasteiger partial charge in [0.2, 0.25) is 5.75 Å². The number of hydrogen-bond acceptors (Lipinski definition) is 6. The second-order valence-corrected chi connectivity index (χ2v) is 6.86. The van der Waals surface area contributed by atoms with E-state index in [2.05, 4.69) is 9.80 Å². The van der Waals surface area contributed by atoms with E-state index in [0.29, 0.717) is 22.8 Å².